The van der Waals surface area contributed by atoms with Crippen molar-refractivity contribution in [2.45, 2.75) is 32.7 Å². The second-order valence-corrected chi connectivity index (χ2v) is 4.55. The van der Waals surface area contributed by atoms with E-state index in [1.807, 2.05) is 20.8 Å². The molecule has 0 saturated heterocycles. The first-order chi connectivity index (χ1) is 7.36. The fraction of sp³-hybridized carbons (Fsp3) is 0.462. The number of halogens is 1. The quantitative estimate of drug-likeness (QED) is 0.848. The van der Waals surface area contributed by atoms with Gasteiger partial charge in [-0.25, -0.2) is 4.39 Å². The summed E-state index contributed by atoms with van der Waals surface area (Å²) in [5.74, 6) is -0.161. The van der Waals surface area contributed by atoms with E-state index in [2.05, 4.69) is 5.32 Å². The summed E-state index contributed by atoms with van der Waals surface area (Å²) in [5, 5.41) is 2.97. The molecule has 0 amide bonds. The van der Waals surface area contributed by atoms with Gasteiger partial charge in [0.1, 0.15) is 5.82 Å². The van der Waals surface area contributed by atoms with Gasteiger partial charge in [-0.15, -0.1) is 0 Å². The molecular formula is C13H18FNO. The Hall–Kier alpha value is -1.22. The Bertz CT molecular complexity index is 399. The molecule has 1 aromatic carbocycles. The standard InChI is InChI=1S/C13H18FNO/c1-9-7-11(14)6-5-10(9)8-12(16)13(2,3)15-4/h5-7,15H,8H2,1-4H3. The first-order valence-electron chi connectivity index (χ1n) is 5.34. The molecule has 88 valence electrons. The molecule has 0 aliphatic rings. The predicted octanol–water partition coefficient (Wildman–Crippen LogP) is 2.24. The summed E-state index contributed by atoms with van der Waals surface area (Å²) in [4.78, 5) is 11.9. The third kappa shape index (κ3) is 2.89. The van der Waals surface area contributed by atoms with Crippen LogP contribution in [0.5, 0.6) is 0 Å². The maximum Gasteiger partial charge on any atom is 0.156 e. The van der Waals surface area contributed by atoms with Gasteiger partial charge in [0.05, 0.1) is 5.54 Å². The molecule has 0 bridgehead atoms. The number of hydrogen-bond acceptors (Lipinski definition) is 2. The molecule has 1 N–H and O–H groups in total. The topological polar surface area (TPSA) is 29.1 Å². The van der Waals surface area contributed by atoms with Crippen molar-refractivity contribution in [2.24, 2.45) is 0 Å². The molecule has 3 heteroatoms. The Labute approximate surface area is 95.9 Å². The van der Waals surface area contributed by atoms with Gasteiger partial charge in [0, 0.05) is 6.42 Å². The lowest BCUT2D eigenvalue weighted by atomic mass is 9.92. The monoisotopic (exact) mass is 223 g/mol. The molecular weight excluding hydrogens is 205 g/mol. The Kier molecular flexibility index (Phi) is 3.81. The minimum absolute atomic E-state index is 0.102. The molecule has 0 heterocycles. The fourth-order valence-corrected chi connectivity index (χ4v) is 1.39. The lowest BCUT2D eigenvalue weighted by Gasteiger charge is -2.22. The van der Waals surface area contributed by atoms with Crippen LogP contribution in [0.1, 0.15) is 25.0 Å². The lowest BCUT2D eigenvalue weighted by molar-refractivity contribution is -0.123. The molecule has 0 saturated carbocycles. The van der Waals surface area contributed by atoms with Crippen LogP contribution in [0.4, 0.5) is 4.39 Å². The van der Waals surface area contributed by atoms with E-state index >= 15 is 0 Å². The number of rotatable bonds is 4. The highest BCUT2D eigenvalue weighted by atomic mass is 19.1. The van der Waals surface area contributed by atoms with E-state index in [0.717, 1.165) is 11.1 Å². The summed E-state index contributed by atoms with van der Waals surface area (Å²) in [7, 11) is 1.76. The Morgan fingerprint density at radius 3 is 2.56 bits per heavy atom. The highest BCUT2D eigenvalue weighted by molar-refractivity contribution is 5.89. The normalized spacial score (nSPS) is 11.6. The molecule has 2 nitrogen and oxygen atoms in total. The van der Waals surface area contributed by atoms with Crippen LogP contribution in [0, 0.1) is 12.7 Å². The van der Waals surface area contributed by atoms with Crippen LogP contribution in [-0.2, 0) is 11.2 Å². The summed E-state index contributed by atoms with van der Waals surface area (Å²) in [5.41, 5.74) is 1.16. The molecule has 0 atom stereocenters. The van der Waals surface area contributed by atoms with Crippen molar-refractivity contribution in [1.82, 2.24) is 5.32 Å². The summed E-state index contributed by atoms with van der Waals surface area (Å²) < 4.78 is 12.9. The number of benzene rings is 1. The van der Waals surface area contributed by atoms with Crippen LogP contribution in [0.15, 0.2) is 18.2 Å². The van der Waals surface area contributed by atoms with Gasteiger partial charge in [0.2, 0.25) is 0 Å². The van der Waals surface area contributed by atoms with E-state index in [-0.39, 0.29) is 11.6 Å². The molecule has 1 aromatic rings. The van der Waals surface area contributed by atoms with E-state index in [9.17, 15) is 9.18 Å². The molecule has 0 aliphatic carbocycles. The fourth-order valence-electron chi connectivity index (χ4n) is 1.39. The van der Waals surface area contributed by atoms with E-state index in [1.54, 1.807) is 13.1 Å². The maximum atomic E-state index is 12.9. The Balaban J connectivity index is 2.85. The van der Waals surface area contributed by atoms with E-state index in [0.29, 0.717) is 6.42 Å². The highest BCUT2D eigenvalue weighted by Crippen LogP contribution is 2.14. The number of aryl methyl sites for hydroxylation is 1. The third-order valence-corrected chi connectivity index (χ3v) is 2.98. The number of ketones is 1. The molecule has 0 radical (unpaired) electrons. The molecule has 16 heavy (non-hydrogen) atoms. The van der Waals surface area contributed by atoms with Crippen LogP contribution in [0.2, 0.25) is 0 Å². The molecule has 0 aromatic heterocycles. The highest BCUT2D eigenvalue weighted by Gasteiger charge is 2.25. The Morgan fingerprint density at radius 1 is 1.44 bits per heavy atom. The Morgan fingerprint density at radius 2 is 2.06 bits per heavy atom. The van der Waals surface area contributed by atoms with Crippen LogP contribution in [-0.4, -0.2) is 18.4 Å². The SMILES string of the molecule is CNC(C)(C)C(=O)Cc1ccc(F)cc1C. The lowest BCUT2D eigenvalue weighted by Crippen LogP contribution is -2.45. The van der Waals surface area contributed by atoms with E-state index in [4.69, 9.17) is 0 Å². The number of hydrogen-bond donors (Lipinski definition) is 1. The summed E-state index contributed by atoms with van der Waals surface area (Å²) in [6, 6.07) is 4.52. The van der Waals surface area contributed by atoms with Gasteiger partial charge in [-0.1, -0.05) is 6.07 Å². The average molecular weight is 223 g/mol. The first kappa shape index (κ1) is 12.8. The summed E-state index contributed by atoms with van der Waals surface area (Å²) >= 11 is 0. The van der Waals surface area contributed by atoms with Gasteiger partial charge in [0.15, 0.2) is 5.78 Å². The number of Topliss-reactive ketones (excluding diaryl/α,β-unsaturated/α-hetero) is 1. The van der Waals surface area contributed by atoms with Crippen molar-refractivity contribution < 1.29 is 9.18 Å². The van der Waals surface area contributed by atoms with E-state index < -0.39 is 5.54 Å². The zero-order valence-electron chi connectivity index (χ0n) is 10.2. The molecule has 0 fully saturated rings. The van der Waals surface area contributed by atoms with Crippen molar-refractivity contribution in [3.8, 4) is 0 Å². The van der Waals surface area contributed by atoms with Crippen LogP contribution in [0.25, 0.3) is 0 Å². The molecule has 1 rings (SSSR count). The van der Waals surface area contributed by atoms with Gasteiger partial charge in [-0.05, 0) is 51.1 Å². The smallest absolute Gasteiger partial charge is 0.156 e. The second-order valence-electron chi connectivity index (χ2n) is 4.55. The van der Waals surface area contributed by atoms with Crippen LogP contribution < -0.4 is 5.32 Å². The minimum atomic E-state index is -0.541. The van der Waals surface area contributed by atoms with E-state index in [1.165, 1.54) is 12.1 Å². The minimum Gasteiger partial charge on any atom is -0.308 e. The summed E-state index contributed by atoms with van der Waals surface area (Å²) in [6.45, 7) is 5.50. The summed E-state index contributed by atoms with van der Waals surface area (Å²) in [6.07, 6.45) is 0.333. The zero-order valence-corrected chi connectivity index (χ0v) is 10.2. The molecule has 0 unspecified atom stereocenters. The zero-order chi connectivity index (χ0) is 12.3. The van der Waals surface area contributed by atoms with Gasteiger partial charge in [-0.2, -0.15) is 0 Å². The van der Waals surface area contributed by atoms with Crippen molar-refractivity contribution in [3.05, 3.63) is 35.1 Å². The van der Waals surface area contributed by atoms with Gasteiger partial charge in [0.25, 0.3) is 0 Å². The van der Waals surface area contributed by atoms with Gasteiger partial charge < -0.3 is 5.32 Å². The number of nitrogens with one attached hydrogen (secondary N) is 1. The van der Waals surface area contributed by atoms with Gasteiger partial charge >= 0.3 is 0 Å². The van der Waals surface area contributed by atoms with Crippen molar-refractivity contribution in [3.63, 3.8) is 0 Å². The average Bonchev–Trinajstić information content (AvgIpc) is 2.22. The van der Waals surface area contributed by atoms with Crippen molar-refractivity contribution in [2.75, 3.05) is 7.05 Å². The molecule has 0 spiro atoms. The van der Waals surface area contributed by atoms with Crippen molar-refractivity contribution >= 4 is 5.78 Å². The first-order valence-corrected chi connectivity index (χ1v) is 5.34. The number of carbonyl (C=O) groups is 1. The van der Waals surface area contributed by atoms with Crippen LogP contribution in [0.3, 0.4) is 0 Å². The third-order valence-electron chi connectivity index (χ3n) is 2.98. The number of carbonyl (C=O) groups excluding carboxylic acids is 1. The maximum absolute atomic E-state index is 12.9. The van der Waals surface area contributed by atoms with Crippen LogP contribution >= 0.6 is 0 Å². The predicted molar refractivity (Wildman–Crippen MR) is 63.0 cm³/mol. The van der Waals surface area contributed by atoms with Crippen molar-refractivity contribution in [1.29, 1.82) is 0 Å². The number of likely N-dealkylation sites (N-methyl/N-ethyl adjacent to an activating group) is 1. The largest absolute Gasteiger partial charge is 0.308 e. The molecule has 0 aliphatic heterocycles. The van der Waals surface area contributed by atoms with Gasteiger partial charge in [-0.3, -0.25) is 4.79 Å². The second kappa shape index (κ2) is 4.74.